The second-order valence-electron chi connectivity index (χ2n) is 6.61. The summed E-state index contributed by atoms with van der Waals surface area (Å²) in [6.45, 7) is 3.84. The maximum Gasteiger partial charge on any atom is 0.234 e. The molecule has 2 heterocycles. The van der Waals surface area contributed by atoms with Crippen molar-refractivity contribution in [3.8, 4) is 0 Å². The Balaban J connectivity index is 1.59. The van der Waals surface area contributed by atoms with Crippen molar-refractivity contribution in [2.45, 2.75) is 50.9 Å². The standard InChI is InChI=1S/C19H24FN5O2S/c1-2-25-16(12-24-11-5-3-4-6-18(24)27)22-23-19(25)28-13-17(26)21-15-9-7-14(20)8-10-15/h7-10H,2-6,11-13H2,1H3,(H,21,26). The molecule has 1 saturated heterocycles. The lowest BCUT2D eigenvalue weighted by Gasteiger charge is -2.20. The van der Waals surface area contributed by atoms with Crippen LogP contribution in [0.4, 0.5) is 10.1 Å². The molecule has 0 spiro atoms. The topological polar surface area (TPSA) is 80.1 Å². The number of benzene rings is 1. The molecule has 2 amide bonds. The SMILES string of the molecule is CCn1c(CN2CCCCCC2=O)nnc1SCC(=O)Nc1ccc(F)cc1. The third-order valence-electron chi connectivity index (χ3n) is 4.57. The number of carbonyl (C=O) groups is 2. The van der Waals surface area contributed by atoms with Crippen LogP contribution in [-0.2, 0) is 22.7 Å². The van der Waals surface area contributed by atoms with Crippen LogP contribution < -0.4 is 5.32 Å². The van der Waals surface area contributed by atoms with E-state index in [0.717, 1.165) is 31.6 Å². The smallest absolute Gasteiger partial charge is 0.234 e. The molecule has 0 unspecified atom stereocenters. The van der Waals surface area contributed by atoms with Crippen LogP contribution in [0.1, 0.15) is 38.4 Å². The molecule has 150 valence electrons. The Bertz CT molecular complexity index is 824. The number of hydrogen-bond donors (Lipinski definition) is 1. The van der Waals surface area contributed by atoms with Crippen molar-refractivity contribution in [3.63, 3.8) is 0 Å². The highest BCUT2D eigenvalue weighted by Gasteiger charge is 2.21. The molecule has 1 N–H and O–H groups in total. The first kappa shape index (κ1) is 20.3. The van der Waals surface area contributed by atoms with E-state index in [1.807, 2.05) is 16.4 Å². The van der Waals surface area contributed by atoms with E-state index in [4.69, 9.17) is 0 Å². The van der Waals surface area contributed by atoms with Gasteiger partial charge in [-0.1, -0.05) is 18.2 Å². The number of nitrogens with one attached hydrogen (secondary N) is 1. The van der Waals surface area contributed by atoms with E-state index < -0.39 is 0 Å². The van der Waals surface area contributed by atoms with Gasteiger partial charge in [-0.15, -0.1) is 10.2 Å². The van der Waals surface area contributed by atoms with Crippen LogP contribution in [0.3, 0.4) is 0 Å². The van der Waals surface area contributed by atoms with Crippen LogP contribution in [-0.4, -0.2) is 43.8 Å². The Labute approximate surface area is 167 Å². The van der Waals surface area contributed by atoms with Gasteiger partial charge in [0.2, 0.25) is 11.8 Å². The molecule has 1 aromatic heterocycles. The van der Waals surface area contributed by atoms with Crippen molar-refractivity contribution in [2.75, 3.05) is 17.6 Å². The van der Waals surface area contributed by atoms with Gasteiger partial charge in [-0.25, -0.2) is 4.39 Å². The summed E-state index contributed by atoms with van der Waals surface area (Å²) in [5.41, 5.74) is 0.546. The Morgan fingerprint density at radius 2 is 2.00 bits per heavy atom. The number of nitrogens with zero attached hydrogens (tertiary/aromatic N) is 4. The molecule has 3 rings (SSSR count). The fourth-order valence-corrected chi connectivity index (χ4v) is 3.92. The van der Waals surface area contributed by atoms with Crippen molar-refractivity contribution in [1.82, 2.24) is 19.7 Å². The van der Waals surface area contributed by atoms with Gasteiger partial charge in [0, 0.05) is 25.2 Å². The van der Waals surface area contributed by atoms with Gasteiger partial charge < -0.3 is 14.8 Å². The molecule has 1 aliphatic rings. The summed E-state index contributed by atoms with van der Waals surface area (Å²) in [7, 11) is 0. The number of carbonyl (C=O) groups excluding carboxylic acids is 2. The highest BCUT2D eigenvalue weighted by Crippen LogP contribution is 2.20. The third-order valence-corrected chi connectivity index (χ3v) is 5.54. The average molecular weight is 405 g/mol. The summed E-state index contributed by atoms with van der Waals surface area (Å²) in [4.78, 5) is 26.2. The maximum atomic E-state index is 12.9. The molecule has 0 aliphatic carbocycles. The van der Waals surface area contributed by atoms with Gasteiger partial charge >= 0.3 is 0 Å². The molecule has 0 radical (unpaired) electrons. The number of rotatable bonds is 7. The number of halogens is 1. The van der Waals surface area contributed by atoms with E-state index in [2.05, 4.69) is 15.5 Å². The fourth-order valence-electron chi connectivity index (χ4n) is 3.10. The van der Waals surface area contributed by atoms with E-state index in [0.29, 0.717) is 30.4 Å². The van der Waals surface area contributed by atoms with Gasteiger partial charge in [0.25, 0.3) is 0 Å². The number of likely N-dealkylation sites (tertiary alicyclic amines) is 1. The van der Waals surface area contributed by atoms with E-state index in [-0.39, 0.29) is 23.4 Å². The van der Waals surface area contributed by atoms with E-state index in [1.54, 1.807) is 0 Å². The van der Waals surface area contributed by atoms with Gasteiger partial charge in [0.15, 0.2) is 11.0 Å². The summed E-state index contributed by atoms with van der Waals surface area (Å²) in [6.07, 6.45) is 3.62. The van der Waals surface area contributed by atoms with E-state index in [9.17, 15) is 14.0 Å². The zero-order valence-electron chi connectivity index (χ0n) is 15.9. The van der Waals surface area contributed by atoms with Gasteiger partial charge in [-0.05, 0) is 44.0 Å². The monoisotopic (exact) mass is 405 g/mol. The van der Waals surface area contributed by atoms with Crippen molar-refractivity contribution in [3.05, 3.63) is 35.9 Å². The third kappa shape index (κ3) is 5.31. The Hall–Kier alpha value is -2.42. The molecule has 1 fully saturated rings. The van der Waals surface area contributed by atoms with Crippen molar-refractivity contribution < 1.29 is 14.0 Å². The predicted octanol–water partition coefficient (Wildman–Crippen LogP) is 3.07. The highest BCUT2D eigenvalue weighted by molar-refractivity contribution is 7.99. The predicted molar refractivity (Wildman–Crippen MR) is 105 cm³/mol. The molecule has 0 bridgehead atoms. The van der Waals surface area contributed by atoms with Gasteiger partial charge in [0.05, 0.1) is 12.3 Å². The molecule has 0 atom stereocenters. The first-order chi connectivity index (χ1) is 13.6. The number of thioether (sulfide) groups is 1. The summed E-state index contributed by atoms with van der Waals surface area (Å²) < 4.78 is 14.9. The minimum atomic E-state index is -0.348. The first-order valence-corrected chi connectivity index (χ1v) is 10.4. The second kappa shape index (κ2) is 9.68. The highest BCUT2D eigenvalue weighted by atomic mass is 32.2. The fraction of sp³-hybridized carbons (Fsp3) is 0.474. The number of anilines is 1. The van der Waals surface area contributed by atoms with Gasteiger partial charge in [0.1, 0.15) is 5.82 Å². The largest absolute Gasteiger partial charge is 0.335 e. The summed E-state index contributed by atoms with van der Waals surface area (Å²) >= 11 is 1.29. The van der Waals surface area contributed by atoms with Crippen LogP contribution in [0.25, 0.3) is 0 Å². The Morgan fingerprint density at radius 3 is 2.75 bits per heavy atom. The second-order valence-corrected chi connectivity index (χ2v) is 7.56. The number of hydrogen-bond acceptors (Lipinski definition) is 5. The van der Waals surface area contributed by atoms with Crippen molar-refractivity contribution >= 4 is 29.3 Å². The maximum absolute atomic E-state index is 12.9. The van der Waals surface area contributed by atoms with E-state index in [1.165, 1.54) is 36.0 Å². The Kier molecular flexibility index (Phi) is 7.02. The molecule has 1 aliphatic heterocycles. The minimum absolute atomic E-state index is 0.163. The molecule has 0 saturated carbocycles. The zero-order chi connectivity index (χ0) is 19.9. The molecular formula is C19H24FN5O2S. The molecule has 7 nitrogen and oxygen atoms in total. The van der Waals surface area contributed by atoms with Crippen LogP contribution in [0.2, 0.25) is 0 Å². The molecule has 9 heteroatoms. The van der Waals surface area contributed by atoms with Gasteiger partial charge in [-0.3, -0.25) is 9.59 Å². The average Bonchev–Trinajstić information content (AvgIpc) is 2.96. The number of amides is 2. The lowest BCUT2D eigenvalue weighted by atomic mass is 10.2. The van der Waals surface area contributed by atoms with Crippen LogP contribution in [0.5, 0.6) is 0 Å². The molecule has 1 aromatic carbocycles. The van der Waals surface area contributed by atoms with Crippen LogP contribution in [0.15, 0.2) is 29.4 Å². The summed E-state index contributed by atoms with van der Waals surface area (Å²) in [5.74, 6) is 0.513. The minimum Gasteiger partial charge on any atom is -0.335 e. The van der Waals surface area contributed by atoms with Crippen molar-refractivity contribution in [1.29, 1.82) is 0 Å². The normalized spacial score (nSPS) is 14.8. The van der Waals surface area contributed by atoms with Gasteiger partial charge in [-0.2, -0.15) is 0 Å². The summed E-state index contributed by atoms with van der Waals surface area (Å²) in [5, 5.41) is 11.8. The molecule has 28 heavy (non-hydrogen) atoms. The number of aromatic nitrogens is 3. The molecular weight excluding hydrogens is 381 g/mol. The lowest BCUT2D eigenvalue weighted by molar-refractivity contribution is -0.131. The zero-order valence-corrected chi connectivity index (χ0v) is 16.7. The Morgan fingerprint density at radius 1 is 1.21 bits per heavy atom. The quantitative estimate of drug-likeness (QED) is 0.716. The summed E-state index contributed by atoms with van der Waals surface area (Å²) in [6, 6.07) is 5.63. The van der Waals surface area contributed by atoms with Crippen LogP contribution >= 0.6 is 11.8 Å². The lowest BCUT2D eigenvalue weighted by Crippen LogP contribution is -2.31. The van der Waals surface area contributed by atoms with Crippen LogP contribution in [0, 0.1) is 5.82 Å². The first-order valence-electron chi connectivity index (χ1n) is 9.45. The molecule has 2 aromatic rings. The van der Waals surface area contributed by atoms with Crippen molar-refractivity contribution in [2.24, 2.45) is 0 Å². The van der Waals surface area contributed by atoms with E-state index >= 15 is 0 Å².